The summed E-state index contributed by atoms with van der Waals surface area (Å²) in [6.07, 6.45) is 5.74. The van der Waals surface area contributed by atoms with Crippen LogP contribution >= 0.6 is 27.5 Å². The summed E-state index contributed by atoms with van der Waals surface area (Å²) in [5.41, 5.74) is 0.721. The number of terminal acetylenes is 1. The van der Waals surface area contributed by atoms with Gasteiger partial charge < -0.3 is 4.90 Å². The minimum atomic E-state index is -0.0115. The monoisotopic (exact) mass is 297 g/mol. The van der Waals surface area contributed by atoms with E-state index in [0.717, 1.165) is 10.2 Å². The highest BCUT2D eigenvalue weighted by atomic mass is 79.9. The van der Waals surface area contributed by atoms with Crippen LogP contribution in [0.1, 0.15) is 6.42 Å². The van der Waals surface area contributed by atoms with Crippen LogP contribution in [0.4, 0.5) is 5.69 Å². The van der Waals surface area contributed by atoms with Crippen LogP contribution in [0.25, 0.3) is 0 Å². The third kappa shape index (κ3) is 2.09. The van der Waals surface area contributed by atoms with Gasteiger partial charge in [0, 0.05) is 23.4 Å². The number of halogens is 2. The third-order valence-electron chi connectivity index (χ3n) is 2.56. The van der Waals surface area contributed by atoms with E-state index in [1.54, 1.807) is 11.0 Å². The predicted octanol–water partition coefficient (Wildman–Crippen LogP) is 3.09. The van der Waals surface area contributed by atoms with Gasteiger partial charge in [0.15, 0.2) is 0 Å². The van der Waals surface area contributed by atoms with Crippen LogP contribution in [-0.4, -0.2) is 12.5 Å². The second kappa shape index (κ2) is 4.48. The summed E-state index contributed by atoms with van der Waals surface area (Å²) >= 11 is 9.42. The van der Waals surface area contributed by atoms with Crippen molar-refractivity contribution >= 4 is 39.1 Å². The molecule has 0 saturated carbocycles. The van der Waals surface area contributed by atoms with E-state index in [1.807, 2.05) is 12.1 Å². The van der Waals surface area contributed by atoms with Gasteiger partial charge in [0.05, 0.1) is 10.7 Å². The molecule has 1 aromatic rings. The van der Waals surface area contributed by atoms with Crippen LogP contribution in [0, 0.1) is 18.3 Å². The van der Waals surface area contributed by atoms with Crippen molar-refractivity contribution < 1.29 is 4.79 Å². The highest BCUT2D eigenvalue weighted by Crippen LogP contribution is 2.33. The number of carbonyl (C=O) groups is 1. The van der Waals surface area contributed by atoms with Gasteiger partial charge in [-0.05, 0) is 18.2 Å². The molecule has 0 aromatic heterocycles. The Kier molecular flexibility index (Phi) is 3.22. The molecule has 1 heterocycles. The Morgan fingerprint density at radius 1 is 1.56 bits per heavy atom. The fourth-order valence-electron chi connectivity index (χ4n) is 1.74. The number of benzene rings is 1. The van der Waals surface area contributed by atoms with E-state index in [0.29, 0.717) is 18.0 Å². The van der Waals surface area contributed by atoms with Gasteiger partial charge in [0.25, 0.3) is 0 Å². The maximum atomic E-state index is 11.8. The van der Waals surface area contributed by atoms with Gasteiger partial charge in [-0.1, -0.05) is 27.5 Å². The van der Waals surface area contributed by atoms with Crippen molar-refractivity contribution in [3.05, 3.63) is 27.7 Å². The third-order valence-corrected chi connectivity index (χ3v) is 3.37. The fraction of sp³-hybridized carbons (Fsp3) is 0.250. The maximum Gasteiger partial charge on any atom is 0.228 e. The lowest BCUT2D eigenvalue weighted by Crippen LogP contribution is -2.24. The molecule has 0 radical (unpaired) electrons. The molecule has 1 unspecified atom stereocenters. The Hall–Kier alpha value is -0.980. The van der Waals surface area contributed by atoms with Gasteiger partial charge >= 0.3 is 0 Å². The zero-order valence-corrected chi connectivity index (χ0v) is 10.8. The Labute approximate surface area is 108 Å². The van der Waals surface area contributed by atoms with Crippen LogP contribution in [0.2, 0.25) is 5.02 Å². The molecule has 1 saturated heterocycles. The first-order chi connectivity index (χ1) is 7.61. The molecule has 0 bridgehead atoms. The molecule has 1 fully saturated rings. The summed E-state index contributed by atoms with van der Waals surface area (Å²) < 4.78 is 0.892. The van der Waals surface area contributed by atoms with Gasteiger partial charge in [-0.15, -0.1) is 12.3 Å². The molecule has 0 spiro atoms. The molecule has 1 aromatic carbocycles. The largest absolute Gasteiger partial charge is 0.310 e. The molecule has 4 heteroatoms. The Morgan fingerprint density at radius 2 is 2.31 bits per heavy atom. The Bertz CT molecular complexity index is 480. The smallest absolute Gasteiger partial charge is 0.228 e. The Balaban J connectivity index is 2.35. The molecule has 1 aliphatic rings. The van der Waals surface area contributed by atoms with Gasteiger partial charge in [-0.2, -0.15) is 0 Å². The summed E-state index contributed by atoms with van der Waals surface area (Å²) in [6.45, 7) is 0.547. The number of amides is 1. The van der Waals surface area contributed by atoms with Crippen molar-refractivity contribution in [1.82, 2.24) is 0 Å². The van der Waals surface area contributed by atoms with Crippen molar-refractivity contribution in [2.75, 3.05) is 11.4 Å². The number of carbonyl (C=O) groups excluding carboxylic acids is 1. The van der Waals surface area contributed by atoms with E-state index in [9.17, 15) is 4.79 Å². The number of rotatable bonds is 1. The number of anilines is 1. The minimum absolute atomic E-state index is 0.0115. The number of hydrogen-bond donors (Lipinski definition) is 0. The summed E-state index contributed by atoms with van der Waals surface area (Å²) in [7, 11) is 0. The molecule has 1 amide bonds. The second-order valence-corrected chi connectivity index (χ2v) is 4.99. The van der Waals surface area contributed by atoms with Crippen LogP contribution in [0.15, 0.2) is 22.7 Å². The van der Waals surface area contributed by atoms with Gasteiger partial charge in [0.2, 0.25) is 5.91 Å². The fourth-order valence-corrected chi connectivity index (χ4v) is 2.31. The molecule has 82 valence electrons. The number of hydrogen-bond acceptors (Lipinski definition) is 1. The molecule has 0 aliphatic carbocycles. The molecular formula is C12H9BrClNO. The van der Waals surface area contributed by atoms with Crippen LogP contribution < -0.4 is 4.90 Å². The zero-order valence-electron chi connectivity index (χ0n) is 8.41. The van der Waals surface area contributed by atoms with E-state index >= 15 is 0 Å². The second-order valence-electron chi connectivity index (χ2n) is 3.67. The van der Waals surface area contributed by atoms with E-state index in [2.05, 4.69) is 21.9 Å². The highest BCUT2D eigenvalue weighted by Gasteiger charge is 2.30. The quantitative estimate of drug-likeness (QED) is 0.730. The number of nitrogens with zero attached hydrogens (tertiary/aromatic N) is 1. The minimum Gasteiger partial charge on any atom is -0.310 e. The van der Waals surface area contributed by atoms with Crippen LogP contribution in [0.5, 0.6) is 0 Å². The van der Waals surface area contributed by atoms with Crippen molar-refractivity contribution in [2.24, 2.45) is 5.92 Å². The predicted molar refractivity (Wildman–Crippen MR) is 68.4 cm³/mol. The summed E-state index contributed by atoms with van der Waals surface area (Å²) in [5.74, 6) is 2.63. The van der Waals surface area contributed by atoms with Gasteiger partial charge in [-0.3, -0.25) is 4.79 Å². The maximum absolute atomic E-state index is 11.8. The molecule has 1 atom stereocenters. The Morgan fingerprint density at radius 3 is 2.94 bits per heavy atom. The SMILES string of the molecule is C#CC1CC(=O)N(c2cc(Br)ccc2Cl)C1. The molecule has 1 aliphatic heterocycles. The lowest BCUT2D eigenvalue weighted by Gasteiger charge is -2.17. The molecule has 2 nitrogen and oxygen atoms in total. The molecule has 0 N–H and O–H groups in total. The molecule has 16 heavy (non-hydrogen) atoms. The van der Waals surface area contributed by atoms with Gasteiger partial charge in [-0.25, -0.2) is 0 Å². The van der Waals surface area contributed by atoms with E-state index in [4.69, 9.17) is 18.0 Å². The highest BCUT2D eigenvalue weighted by molar-refractivity contribution is 9.10. The first kappa shape index (κ1) is 11.5. The van der Waals surface area contributed by atoms with Crippen molar-refractivity contribution in [2.45, 2.75) is 6.42 Å². The lowest BCUT2D eigenvalue weighted by molar-refractivity contribution is -0.117. The summed E-state index contributed by atoms with van der Waals surface area (Å²) in [5, 5.41) is 0.564. The zero-order chi connectivity index (χ0) is 11.7. The first-order valence-electron chi connectivity index (χ1n) is 4.83. The van der Waals surface area contributed by atoms with Crippen LogP contribution in [-0.2, 0) is 4.79 Å². The van der Waals surface area contributed by atoms with E-state index < -0.39 is 0 Å². The topological polar surface area (TPSA) is 20.3 Å². The lowest BCUT2D eigenvalue weighted by atomic mass is 10.1. The van der Waals surface area contributed by atoms with Crippen LogP contribution in [0.3, 0.4) is 0 Å². The molecular weight excluding hydrogens is 289 g/mol. The average Bonchev–Trinajstić information content (AvgIpc) is 2.63. The van der Waals surface area contributed by atoms with Crippen molar-refractivity contribution in [1.29, 1.82) is 0 Å². The summed E-state index contributed by atoms with van der Waals surface area (Å²) in [6, 6.07) is 5.43. The molecule has 2 rings (SSSR count). The van der Waals surface area contributed by atoms with E-state index in [-0.39, 0.29) is 11.8 Å². The average molecular weight is 299 g/mol. The van der Waals surface area contributed by atoms with Gasteiger partial charge in [0.1, 0.15) is 0 Å². The van der Waals surface area contributed by atoms with E-state index in [1.165, 1.54) is 0 Å². The van der Waals surface area contributed by atoms with Crippen molar-refractivity contribution in [3.63, 3.8) is 0 Å². The standard InChI is InChI=1S/C12H9BrClNO/c1-2-8-5-12(16)15(7-8)11-6-9(13)3-4-10(11)14/h1,3-4,6,8H,5,7H2. The van der Waals surface area contributed by atoms with Crippen molar-refractivity contribution in [3.8, 4) is 12.3 Å². The first-order valence-corrected chi connectivity index (χ1v) is 6.00. The normalized spacial score (nSPS) is 19.9. The summed E-state index contributed by atoms with van der Waals surface area (Å²) in [4.78, 5) is 13.4.